The number of aromatic nitrogens is 3. The lowest BCUT2D eigenvalue weighted by atomic mass is 9.89. The number of carbonyl (C=O) groups is 1. The van der Waals surface area contributed by atoms with Crippen LogP contribution in [0, 0.1) is 5.92 Å². The largest absolute Gasteiger partial charge is 0.337 e. The van der Waals surface area contributed by atoms with Gasteiger partial charge in [0.2, 0.25) is 0 Å². The fourth-order valence-corrected chi connectivity index (χ4v) is 4.42. The molecule has 0 aromatic carbocycles. The van der Waals surface area contributed by atoms with E-state index in [0.717, 1.165) is 12.8 Å². The average molecular weight is 348 g/mol. The highest BCUT2D eigenvalue weighted by Gasteiger charge is 2.37. The minimum Gasteiger partial charge on any atom is -0.337 e. The van der Waals surface area contributed by atoms with Crippen molar-refractivity contribution >= 4 is 5.91 Å². The summed E-state index contributed by atoms with van der Waals surface area (Å²) in [7, 11) is 1.87. The van der Waals surface area contributed by atoms with Gasteiger partial charge in [0.05, 0.1) is 12.2 Å². The molecule has 1 saturated heterocycles. The molecule has 2 heterocycles. The first-order valence-electron chi connectivity index (χ1n) is 9.69. The predicted molar refractivity (Wildman–Crippen MR) is 97.0 cm³/mol. The smallest absolute Gasteiger partial charge is 0.276 e. The van der Waals surface area contributed by atoms with Crippen molar-refractivity contribution in [2.45, 2.75) is 83.5 Å². The van der Waals surface area contributed by atoms with Crippen LogP contribution >= 0.6 is 0 Å². The highest BCUT2D eigenvalue weighted by atomic mass is 16.2. The zero-order chi connectivity index (χ0) is 18.0. The maximum Gasteiger partial charge on any atom is 0.276 e. The molecule has 2 fully saturated rings. The molecule has 140 valence electrons. The van der Waals surface area contributed by atoms with E-state index < -0.39 is 0 Å². The van der Waals surface area contributed by atoms with Gasteiger partial charge in [-0.05, 0) is 33.6 Å². The van der Waals surface area contributed by atoms with Gasteiger partial charge in [0.15, 0.2) is 5.69 Å². The molecule has 1 aliphatic carbocycles. The van der Waals surface area contributed by atoms with Gasteiger partial charge in [-0.25, -0.2) is 4.68 Å². The Morgan fingerprint density at radius 1 is 1.20 bits per heavy atom. The van der Waals surface area contributed by atoms with Gasteiger partial charge in [-0.1, -0.05) is 30.9 Å². The van der Waals surface area contributed by atoms with E-state index >= 15 is 0 Å². The van der Waals surface area contributed by atoms with Crippen molar-refractivity contribution in [3.8, 4) is 0 Å². The summed E-state index contributed by atoms with van der Waals surface area (Å²) < 4.78 is 1.92. The maximum atomic E-state index is 12.9. The Bertz CT molecular complexity index is 570. The normalized spacial score (nSPS) is 29.4. The first-order chi connectivity index (χ1) is 12.0. The van der Waals surface area contributed by atoms with Gasteiger partial charge in [-0.15, -0.1) is 5.10 Å². The Hall–Kier alpha value is -1.47. The molecular formula is C18H32N6O. The second-order valence-electron chi connectivity index (χ2n) is 7.83. The first kappa shape index (κ1) is 18.3. The van der Waals surface area contributed by atoms with Gasteiger partial charge in [-0.2, -0.15) is 0 Å². The zero-order valence-corrected chi connectivity index (χ0v) is 15.9. The van der Waals surface area contributed by atoms with Gasteiger partial charge >= 0.3 is 0 Å². The predicted octanol–water partition coefficient (Wildman–Crippen LogP) is 2.13. The third-order valence-corrected chi connectivity index (χ3v) is 6.11. The van der Waals surface area contributed by atoms with Crippen molar-refractivity contribution in [2.24, 2.45) is 5.92 Å². The molecule has 0 radical (unpaired) electrons. The number of hydrogen-bond acceptors (Lipinski definition) is 5. The molecule has 1 aromatic heterocycles. The quantitative estimate of drug-likeness (QED) is 0.816. The summed E-state index contributed by atoms with van der Waals surface area (Å²) in [6.45, 7) is 6.41. The summed E-state index contributed by atoms with van der Waals surface area (Å²) in [5.74, 6) is 0.310. The number of rotatable bonds is 4. The van der Waals surface area contributed by atoms with E-state index in [9.17, 15) is 4.79 Å². The van der Waals surface area contributed by atoms with E-state index in [1.165, 1.54) is 25.7 Å². The molecule has 0 spiro atoms. The second-order valence-corrected chi connectivity index (χ2v) is 7.83. The molecule has 2 N–H and O–H groups in total. The molecule has 2 aliphatic rings. The molecule has 25 heavy (non-hydrogen) atoms. The SMILES string of the molecule is CC1NNC(C)C1C(C)N(C)C(=O)c1cn(C2CCCCCC2)nn1. The van der Waals surface area contributed by atoms with Crippen molar-refractivity contribution in [3.63, 3.8) is 0 Å². The van der Waals surface area contributed by atoms with Crippen LogP contribution in [0.5, 0.6) is 0 Å². The van der Waals surface area contributed by atoms with E-state index in [1.54, 1.807) is 0 Å². The molecule has 1 aliphatic heterocycles. The summed E-state index contributed by atoms with van der Waals surface area (Å²) >= 11 is 0. The Balaban J connectivity index is 1.68. The third-order valence-electron chi connectivity index (χ3n) is 6.11. The van der Waals surface area contributed by atoms with Crippen LogP contribution in [0.4, 0.5) is 0 Å². The monoisotopic (exact) mass is 348 g/mol. The lowest BCUT2D eigenvalue weighted by Crippen LogP contribution is -2.46. The minimum atomic E-state index is -0.0429. The van der Waals surface area contributed by atoms with Crippen LogP contribution in [0.1, 0.15) is 75.8 Å². The van der Waals surface area contributed by atoms with Crippen molar-refractivity contribution in [1.29, 1.82) is 0 Å². The fraction of sp³-hybridized carbons (Fsp3) is 0.833. The topological polar surface area (TPSA) is 75.1 Å². The number of hydrogen-bond donors (Lipinski definition) is 2. The molecular weight excluding hydrogens is 316 g/mol. The van der Waals surface area contributed by atoms with Gasteiger partial charge in [-0.3, -0.25) is 15.6 Å². The van der Waals surface area contributed by atoms with E-state index in [2.05, 4.69) is 41.9 Å². The van der Waals surface area contributed by atoms with Crippen molar-refractivity contribution in [1.82, 2.24) is 30.7 Å². The van der Waals surface area contributed by atoms with Crippen LogP contribution in [0.15, 0.2) is 6.20 Å². The van der Waals surface area contributed by atoms with E-state index in [4.69, 9.17) is 0 Å². The summed E-state index contributed by atoms with van der Waals surface area (Å²) in [5.41, 5.74) is 6.99. The van der Waals surface area contributed by atoms with Crippen molar-refractivity contribution in [3.05, 3.63) is 11.9 Å². The van der Waals surface area contributed by atoms with Gasteiger partial charge in [0.1, 0.15) is 0 Å². The Morgan fingerprint density at radius 3 is 2.40 bits per heavy atom. The zero-order valence-electron chi connectivity index (χ0n) is 15.9. The standard InChI is InChI=1S/C18H32N6O/c1-12-17(13(2)20-19-12)14(3)23(4)18(25)16-11-24(22-21-16)15-9-7-5-6-8-10-15/h11-15,17,19-20H,5-10H2,1-4H3. The Morgan fingerprint density at radius 2 is 1.80 bits per heavy atom. The fourth-order valence-electron chi connectivity index (χ4n) is 4.42. The van der Waals surface area contributed by atoms with Crippen molar-refractivity contribution < 1.29 is 4.79 Å². The summed E-state index contributed by atoms with van der Waals surface area (Å²) in [5, 5.41) is 8.45. The Labute approximate surface area is 150 Å². The van der Waals surface area contributed by atoms with Crippen LogP contribution in [0.2, 0.25) is 0 Å². The summed E-state index contributed by atoms with van der Waals surface area (Å²) in [6.07, 6.45) is 9.20. The summed E-state index contributed by atoms with van der Waals surface area (Å²) in [6, 6.07) is 1.15. The minimum absolute atomic E-state index is 0.0429. The van der Waals surface area contributed by atoms with E-state index in [1.807, 2.05) is 22.8 Å². The lowest BCUT2D eigenvalue weighted by Gasteiger charge is -2.32. The molecule has 3 atom stereocenters. The third kappa shape index (κ3) is 3.87. The number of nitrogens with zero attached hydrogens (tertiary/aromatic N) is 4. The van der Waals surface area contributed by atoms with E-state index in [-0.39, 0.29) is 11.9 Å². The Kier molecular flexibility index (Phi) is 5.74. The van der Waals surface area contributed by atoms with Crippen molar-refractivity contribution in [2.75, 3.05) is 7.05 Å². The van der Waals surface area contributed by atoms with Crippen LogP contribution in [-0.2, 0) is 0 Å². The maximum absolute atomic E-state index is 12.9. The molecule has 7 heteroatoms. The van der Waals surface area contributed by atoms with Gasteiger partial charge in [0, 0.05) is 31.1 Å². The number of nitrogens with one attached hydrogen (secondary N) is 2. The van der Waals surface area contributed by atoms with Gasteiger partial charge in [0.25, 0.3) is 5.91 Å². The van der Waals surface area contributed by atoms with E-state index in [0.29, 0.717) is 29.7 Å². The molecule has 3 unspecified atom stereocenters. The molecule has 1 saturated carbocycles. The molecule has 0 bridgehead atoms. The number of hydrazine groups is 1. The first-order valence-corrected chi connectivity index (χ1v) is 9.69. The molecule has 1 amide bonds. The number of amides is 1. The lowest BCUT2D eigenvalue weighted by molar-refractivity contribution is 0.0673. The molecule has 1 aromatic rings. The summed E-state index contributed by atoms with van der Waals surface area (Å²) in [4.78, 5) is 14.7. The van der Waals surface area contributed by atoms with Crippen LogP contribution < -0.4 is 10.9 Å². The van der Waals surface area contributed by atoms with Crippen LogP contribution in [0.3, 0.4) is 0 Å². The molecule has 3 rings (SSSR count). The van der Waals surface area contributed by atoms with Crippen LogP contribution in [0.25, 0.3) is 0 Å². The average Bonchev–Trinajstić information content (AvgIpc) is 3.11. The number of carbonyl (C=O) groups excluding carboxylic acids is 1. The second kappa shape index (κ2) is 7.83. The van der Waals surface area contributed by atoms with Gasteiger partial charge < -0.3 is 4.90 Å². The van der Waals surface area contributed by atoms with Crippen LogP contribution in [-0.4, -0.2) is 51.0 Å². The highest BCUT2D eigenvalue weighted by Crippen LogP contribution is 2.27. The molecule has 7 nitrogen and oxygen atoms in total. The highest BCUT2D eigenvalue weighted by molar-refractivity contribution is 5.92.